The fraction of sp³-hybridized carbons (Fsp3) is 0.316. The number of hydrogen-bond acceptors (Lipinski definition) is 2. The van der Waals surface area contributed by atoms with Crippen molar-refractivity contribution in [3.8, 4) is 0 Å². The van der Waals surface area contributed by atoms with Gasteiger partial charge in [0.15, 0.2) is 0 Å². The lowest BCUT2D eigenvalue weighted by molar-refractivity contribution is -0.117. The number of halogens is 2. The van der Waals surface area contributed by atoms with Crippen LogP contribution < -0.4 is 10.6 Å². The molecule has 0 heterocycles. The van der Waals surface area contributed by atoms with Crippen LogP contribution >= 0.6 is 0 Å². The van der Waals surface area contributed by atoms with Gasteiger partial charge in [0.2, 0.25) is 5.91 Å². The Morgan fingerprint density at radius 3 is 2.58 bits per heavy atom. The molecule has 1 saturated carbocycles. The van der Waals surface area contributed by atoms with E-state index in [0.29, 0.717) is 12.1 Å². The highest BCUT2D eigenvalue weighted by atomic mass is 19.1. The van der Waals surface area contributed by atoms with Crippen LogP contribution in [-0.2, 0) is 11.3 Å². The second-order valence-electron chi connectivity index (χ2n) is 6.05. The van der Waals surface area contributed by atoms with Gasteiger partial charge in [-0.3, -0.25) is 4.79 Å². The summed E-state index contributed by atoms with van der Waals surface area (Å²) in [5.41, 5.74) is 1.80. The van der Waals surface area contributed by atoms with Crippen molar-refractivity contribution < 1.29 is 13.6 Å². The normalized spacial score (nSPS) is 19.1. The Bertz CT molecular complexity index is 728. The Morgan fingerprint density at radius 1 is 1.17 bits per heavy atom. The first-order valence-electron chi connectivity index (χ1n) is 8.14. The highest BCUT2D eigenvalue weighted by Crippen LogP contribution is 2.49. The monoisotopic (exact) mass is 330 g/mol. The summed E-state index contributed by atoms with van der Waals surface area (Å²) in [6.45, 7) is 3.63. The molecule has 24 heavy (non-hydrogen) atoms. The van der Waals surface area contributed by atoms with Gasteiger partial charge >= 0.3 is 0 Å². The molecule has 5 heteroatoms. The summed E-state index contributed by atoms with van der Waals surface area (Å²) in [6.07, 6.45) is 0.473. The maximum atomic E-state index is 13.8. The summed E-state index contributed by atoms with van der Waals surface area (Å²) >= 11 is 0. The standard InChI is InChI=1S/C19H20F2N2O/c1-2-22-11-12-5-3-6-13(9-12)23-19(24)15-10-14(15)18-16(20)7-4-8-17(18)21/h3-9,14-15,22H,2,10-11H2,1H3,(H,23,24). The molecule has 0 bridgehead atoms. The van der Waals surface area contributed by atoms with E-state index in [0.717, 1.165) is 18.7 Å². The molecule has 2 aromatic rings. The van der Waals surface area contributed by atoms with E-state index in [-0.39, 0.29) is 23.3 Å². The Kier molecular flexibility index (Phi) is 4.90. The average Bonchev–Trinajstić information content (AvgIpc) is 3.33. The summed E-state index contributed by atoms with van der Waals surface area (Å²) in [6, 6.07) is 11.4. The quantitative estimate of drug-likeness (QED) is 0.845. The van der Waals surface area contributed by atoms with Gasteiger partial charge in [-0.2, -0.15) is 0 Å². The molecule has 1 amide bonds. The van der Waals surface area contributed by atoms with Gasteiger partial charge in [-0.05, 0) is 42.8 Å². The van der Waals surface area contributed by atoms with Crippen LogP contribution in [0, 0.1) is 17.6 Å². The molecule has 0 aromatic heterocycles. The zero-order valence-electron chi connectivity index (χ0n) is 13.5. The van der Waals surface area contributed by atoms with E-state index < -0.39 is 11.6 Å². The van der Waals surface area contributed by atoms with Crippen LogP contribution in [0.3, 0.4) is 0 Å². The van der Waals surface area contributed by atoms with Crippen LogP contribution in [0.5, 0.6) is 0 Å². The predicted molar refractivity (Wildman–Crippen MR) is 89.7 cm³/mol. The van der Waals surface area contributed by atoms with Gasteiger partial charge in [0, 0.05) is 29.6 Å². The third kappa shape index (κ3) is 3.62. The Balaban J connectivity index is 1.65. The topological polar surface area (TPSA) is 41.1 Å². The van der Waals surface area contributed by atoms with E-state index >= 15 is 0 Å². The number of anilines is 1. The number of rotatable bonds is 6. The van der Waals surface area contributed by atoms with Crippen LogP contribution in [0.1, 0.15) is 30.4 Å². The second-order valence-corrected chi connectivity index (χ2v) is 6.05. The molecule has 3 rings (SSSR count). The fourth-order valence-electron chi connectivity index (χ4n) is 2.93. The lowest BCUT2D eigenvalue weighted by Gasteiger charge is -2.08. The van der Waals surface area contributed by atoms with E-state index in [4.69, 9.17) is 0 Å². The number of hydrogen-bond donors (Lipinski definition) is 2. The summed E-state index contributed by atoms with van der Waals surface area (Å²) < 4.78 is 27.6. The number of carbonyl (C=O) groups is 1. The van der Waals surface area contributed by atoms with Gasteiger partial charge < -0.3 is 10.6 Å². The molecule has 1 aliphatic carbocycles. The first-order chi connectivity index (χ1) is 11.6. The minimum absolute atomic E-state index is 0.0264. The number of amides is 1. The fourth-order valence-corrected chi connectivity index (χ4v) is 2.93. The Hall–Kier alpha value is -2.27. The van der Waals surface area contributed by atoms with Crippen LogP contribution in [-0.4, -0.2) is 12.5 Å². The summed E-state index contributed by atoms with van der Waals surface area (Å²) in [7, 11) is 0. The van der Waals surface area contributed by atoms with Crippen molar-refractivity contribution in [3.05, 3.63) is 65.2 Å². The first kappa shape index (κ1) is 16.6. The van der Waals surface area contributed by atoms with E-state index in [2.05, 4.69) is 10.6 Å². The highest BCUT2D eigenvalue weighted by molar-refractivity contribution is 5.95. The summed E-state index contributed by atoms with van der Waals surface area (Å²) in [5.74, 6) is -2.11. The Labute approximate surface area is 140 Å². The van der Waals surface area contributed by atoms with Crippen molar-refractivity contribution in [1.29, 1.82) is 0 Å². The average molecular weight is 330 g/mol. The van der Waals surface area contributed by atoms with Gasteiger partial charge in [0.05, 0.1) is 0 Å². The van der Waals surface area contributed by atoms with Crippen LogP contribution in [0.4, 0.5) is 14.5 Å². The molecular weight excluding hydrogens is 310 g/mol. The number of nitrogens with one attached hydrogen (secondary N) is 2. The smallest absolute Gasteiger partial charge is 0.228 e. The molecule has 0 saturated heterocycles. The van der Waals surface area contributed by atoms with Crippen molar-refractivity contribution in [2.75, 3.05) is 11.9 Å². The molecular formula is C19H20F2N2O. The minimum Gasteiger partial charge on any atom is -0.326 e. The lowest BCUT2D eigenvalue weighted by Crippen LogP contribution is -2.16. The molecule has 2 unspecified atom stereocenters. The molecule has 0 radical (unpaired) electrons. The van der Waals surface area contributed by atoms with E-state index in [1.165, 1.54) is 18.2 Å². The minimum atomic E-state index is -0.581. The first-order valence-corrected chi connectivity index (χ1v) is 8.14. The molecule has 2 atom stereocenters. The number of carbonyl (C=O) groups excluding carboxylic acids is 1. The SMILES string of the molecule is CCNCc1cccc(NC(=O)C2CC2c2c(F)cccc2F)c1. The van der Waals surface area contributed by atoms with Crippen LogP contribution in [0.15, 0.2) is 42.5 Å². The van der Waals surface area contributed by atoms with Gasteiger partial charge in [-0.15, -0.1) is 0 Å². The summed E-state index contributed by atoms with van der Waals surface area (Å²) in [4.78, 5) is 12.3. The van der Waals surface area contributed by atoms with Crippen molar-refractivity contribution in [3.63, 3.8) is 0 Å². The third-order valence-electron chi connectivity index (χ3n) is 4.27. The van der Waals surface area contributed by atoms with Crippen molar-refractivity contribution in [2.45, 2.75) is 25.8 Å². The zero-order valence-corrected chi connectivity index (χ0v) is 13.5. The largest absolute Gasteiger partial charge is 0.326 e. The number of benzene rings is 2. The maximum absolute atomic E-state index is 13.8. The third-order valence-corrected chi connectivity index (χ3v) is 4.27. The van der Waals surface area contributed by atoms with Gasteiger partial charge in [0.1, 0.15) is 11.6 Å². The van der Waals surface area contributed by atoms with Gasteiger partial charge in [0.25, 0.3) is 0 Å². The lowest BCUT2D eigenvalue weighted by atomic mass is 10.1. The molecule has 126 valence electrons. The second kappa shape index (κ2) is 7.09. The van der Waals surface area contributed by atoms with Crippen LogP contribution in [0.25, 0.3) is 0 Å². The van der Waals surface area contributed by atoms with Gasteiger partial charge in [-0.1, -0.05) is 25.1 Å². The van der Waals surface area contributed by atoms with E-state index in [9.17, 15) is 13.6 Å². The van der Waals surface area contributed by atoms with Gasteiger partial charge in [-0.25, -0.2) is 8.78 Å². The molecule has 0 spiro atoms. The summed E-state index contributed by atoms with van der Waals surface area (Å²) in [5, 5.41) is 6.07. The maximum Gasteiger partial charge on any atom is 0.228 e. The van der Waals surface area contributed by atoms with E-state index in [1.54, 1.807) is 0 Å². The molecule has 2 aromatic carbocycles. The zero-order chi connectivity index (χ0) is 17.1. The predicted octanol–water partition coefficient (Wildman–Crippen LogP) is 3.82. The molecule has 1 fully saturated rings. The van der Waals surface area contributed by atoms with Crippen molar-refractivity contribution in [2.24, 2.45) is 5.92 Å². The molecule has 2 N–H and O–H groups in total. The van der Waals surface area contributed by atoms with Crippen molar-refractivity contribution in [1.82, 2.24) is 5.32 Å². The van der Waals surface area contributed by atoms with E-state index in [1.807, 2.05) is 31.2 Å². The van der Waals surface area contributed by atoms with Crippen molar-refractivity contribution >= 4 is 11.6 Å². The molecule has 0 aliphatic heterocycles. The molecule has 3 nitrogen and oxygen atoms in total. The highest BCUT2D eigenvalue weighted by Gasteiger charge is 2.46. The van der Waals surface area contributed by atoms with Crippen LogP contribution in [0.2, 0.25) is 0 Å². The Morgan fingerprint density at radius 2 is 1.88 bits per heavy atom. The molecule has 1 aliphatic rings.